The summed E-state index contributed by atoms with van der Waals surface area (Å²) < 4.78 is 0. The van der Waals surface area contributed by atoms with Gasteiger partial charge in [-0.2, -0.15) is 0 Å². The third-order valence-electron chi connectivity index (χ3n) is 2.99. The smallest absolute Gasteiger partial charge is 0.404 e. The van der Waals surface area contributed by atoms with Gasteiger partial charge in [-0.1, -0.05) is 0 Å². The molecule has 1 fully saturated rings. The third kappa shape index (κ3) is 5.92. The number of amides is 1. The normalized spacial score (nSPS) is 19.3. The SMILES string of the molecule is CN1CCCN(CCCCNC(=O)O)CC1. The second kappa shape index (κ2) is 7.46. The number of carbonyl (C=O) groups is 1. The van der Waals surface area contributed by atoms with E-state index in [2.05, 4.69) is 22.2 Å². The molecule has 0 aromatic heterocycles. The molecule has 5 nitrogen and oxygen atoms in total. The number of carboxylic acid groups (broad SMARTS) is 1. The lowest BCUT2D eigenvalue weighted by Crippen LogP contribution is -2.30. The van der Waals surface area contributed by atoms with Crippen LogP contribution in [-0.2, 0) is 0 Å². The summed E-state index contributed by atoms with van der Waals surface area (Å²) in [4.78, 5) is 15.1. The zero-order chi connectivity index (χ0) is 11.8. The Morgan fingerprint density at radius 2 is 2.06 bits per heavy atom. The Hall–Kier alpha value is -0.810. The van der Waals surface area contributed by atoms with Crippen molar-refractivity contribution in [3.8, 4) is 0 Å². The molecule has 2 N–H and O–H groups in total. The van der Waals surface area contributed by atoms with Gasteiger partial charge in [-0.15, -0.1) is 0 Å². The Balaban J connectivity index is 2.01. The van der Waals surface area contributed by atoms with Crippen molar-refractivity contribution in [2.45, 2.75) is 19.3 Å². The number of nitrogens with zero attached hydrogens (tertiary/aromatic N) is 2. The lowest BCUT2D eigenvalue weighted by molar-refractivity contribution is 0.194. The van der Waals surface area contributed by atoms with Crippen molar-refractivity contribution >= 4 is 6.09 Å². The van der Waals surface area contributed by atoms with E-state index in [0.717, 1.165) is 32.5 Å². The topological polar surface area (TPSA) is 55.8 Å². The first-order valence-corrected chi connectivity index (χ1v) is 6.06. The predicted octanol–water partition coefficient (Wildman–Crippen LogP) is 0.672. The number of hydrogen-bond acceptors (Lipinski definition) is 3. The molecule has 0 atom stereocenters. The first kappa shape index (κ1) is 13.3. The molecule has 94 valence electrons. The summed E-state index contributed by atoms with van der Waals surface area (Å²) in [6, 6.07) is 0. The van der Waals surface area contributed by atoms with Crippen LogP contribution in [0.25, 0.3) is 0 Å². The fourth-order valence-corrected chi connectivity index (χ4v) is 1.98. The highest BCUT2D eigenvalue weighted by molar-refractivity contribution is 5.64. The number of unbranched alkanes of at least 4 members (excludes halogenated alkanes) is 1. The predicted molar refractivity (Wildman–Crippen MR) is 63.8 cm³/mol. The molecule has 0 spiro atoms. The second-order valence-corrected chi connectivity index (χ2v) is 4.44. The van der Waals surface area contributed by atoms with E-state index in [9.17, 15) is 4.79 Å². The van der Waals surface area contributed by atoms with Crippen LogP contribution >= 0.6 is 0 Å². The van der Waals surface area contributed by atoms with Crippen LogP contribution in [0.4, 0.5) is 4.79 Å². The van der Waals surface area contributed by atoms with Gasteiger partial charge >= 0.3 is 6.09 Å². The molecule has 0 saturated carbocycles. The van der Waals surface area contributed by atoms with E-state index in [1.165, 1.54) is 19.5 Å². The quantitative estimate of drug-likeness (QED) is 0.680. The molecule has 1 rings (SSSR count). The minimum atomic E-state index is -0.920. The summed E-state index contributed by atoms with van der Waals surface area (Å²) >= 11 is 0. The van der Waals surface area contributed by atoms with Crippen molar-refractivity contribution in [1.29, 1.82) is 0 Å². The summed E-state index contributed by atoms with van der Waals surface area (Å²) in [5, 5.41) is 10.8. The number of hydrogen-bond donors (Lipinski definition) is 2. The number of nitrogens with one attached hydrogen (secondary N) is 1. The zero-order valence-electron chi connectivity index (χ0n) is 10.1. The Labute approximate surface area is 97.4 Å². The summed E-state index contributed by atoms with van der Waals surface area (Å²) in [7, 11) is 2.17. The summed E-state index contributed by atoms with van der Waals surface area (Å²) in [5.41, 5.74) is 0. The minimum Gasteiger partial charge on any atom is -0.465 e. The molecule has 1 heterocycles. The van der Waals surface area contributed by atoms with E-state index < -0.39 is 6.09 Å². The molecular formula is C11H23N3O2. The first-order chi connectivity index (χ1) is 7.68. The highest BCUT2D eigenvalue weighted by atomic mass is 16.4. The lowest BCUT2D eigenvalue weighted by Gasteiger charge is -2.19. The molecule has 5 heteroatoms. The van der Waals surface area contributed by atoms with Crippen LogP contribution in [0.5, 0.6) is 0 Å². The molecule has 1 aliphatic rings. The van der Waals surface area contributed by atoms with Crippen molar-refractivity contribution < 1.29 is 9.90 Å². The molecular weight excluding hydrogens is 206 g/mol. The van der Waals surface area contributed by atoms with Gasteiger partial charge in [0.25, 0.3) is 0 Å². The van der Waals surface area contributed by atoms with Gasteiger partial charge in [0, 0.05) is 19.6 Å². The molecule has 16 heavy (non-hydrogen) atoms. The van der Waals surface area contributed by atoms with Gasteiger partial charge in [0.1, 0.15) is 0 Å². The fourth-order valence-electron chi connectivity index (χ4n) is 1.98. The maximum atomic E-state index is 10.2. The van der Waals surface area contributed by atoms with Crippen LogP contribution in [-0.4, -0.2) is 67.3 Å². The van der Waals surface area contributed by atoms with Crippen molar-refractivity contribution in [2.24, 2.45) is 0 Å². The van der Waals surface area contributed by atoms with E-state index in [1.807, 2.05) is 0 Å². The maximum Gasteiger partial charge on any atom is 0.404 e. The average Bonchev–Trinajstić information content (AvgIpc) is 2.43. The van der Waals surface area contributed by atoms with Gasteiger partial charge in [0.2, 0.25) is 0 Å². The molecule has 0 radical (unpaired) electrons. The standard InChI is InChI=1S/C11H23N3O2/c1-13-6-4-8-14(10-9-13)7-3-2-5-12-11(15)16/h12H,2-10H2,1H3,(H,15,16). The number of rotatable bonds is 5. The highest BCUT2D eigenvalue weighted by Gasteiger charge is 2.10. The van der Waals surface area contributed by atoms with Gasteiger partial charge in [-0.25, -0.2) is 4.79 Å². The van der Waals surface area contributed by atoms with E-state index >= 15 is 0 Å². The van der Waals surface area contributed by atoms with Gasteiger partial charge in [-0.3, -0.25) is 0 Å². The van der Waals surface area contributed by atoms with Gasteiger partial charge in [-0.05, 0) is 45.9 Å². The third-order valence-corrected chi connectivity index (χ3v) is 2.99. The lowest BCUT2D eigenvalue weighted by atomic mass is 10.3. The molecule has 0 aliphatic carbocycles. The van der Waals surface area contributed by atoms with Gasteiger partial charge in [0.15, 0.2) is 0 Å². The molecule has 1 amide bonds. The van der Waals surface area contributed by atoms with E-state index in [4.69, 9.17) is 5.11 Å². The summed E-state index contributed by atoms with van der Waals surface area (Å²) in [5.74, 6) is 0. The first-order valence-electron chi connectivity index (χ1n) is 6.06. The molecule has 0 aromatic carbocycles. The van der Waals surface area contributed by atoms with Crippen LogP contribution in [0, 0.1) is 0 Å². The molecule has 1 aliphatic heterocycles. The van der Waals surface area contributed by atoms with Crippen molar-refractivity contribution in [3.63, 3.8) is 0 Å². The molecule has 1 saturated heterocycles. The van der Waals surface area contributed by atoms with Crippen molar-refractivity contribution in [1.82, 2.24) is 15.1 Å². The zero-order valence-corrected chi connectivity index (χ0v) is 10.1. The van der Waals surface area contributed by atoms with Crippen molar-refractivity contribution in [3.05, 3.63) is 0 Å². The molecule has 0 bridgehead atoms. The monoisotopic (exact) mass is 229 g/mol. The molecule has 0 aromatic rings. The number of likely N-dealkylation sites (N-methyl/N-ethyl adjacent to an activating group) is 1. The Morgan fingerprint density at radius 3 is 2.81 bits per heavy atom. The average molecular weight is 229 g/mol. The van der Waals surface area contributed by atoms with Crippen LogP contribution in [0.15, 0.2) is 0 Å². The Bertz CT molecular complexity index is 211. The Kier molecular flexibility index (Phi) is 6.18. The van der Waals surface area contributed by atoms with Crippen LogP contribution < -0.4 is 5.32 Å². The highest BCUT2D eigenvalue weighted by Crippen LogP contribution is 2.02. The molecule has 0 unspecified atom stereocenters. The van der Waals surface area contributed by atoms with E-state index in [-0.39, 0.29) is 0 Å². The van der Waals surface area contributed by atoms with Crippen LogP contribution in [0.2, 0.25) is 0 Å². The van der Waals surface area contributed by atoms with Crippen LogP contribution in [0.3, 0.4) is 0 Å². The largest absolute Gasteiger partial charge is 0.465 e. The summed E-state index contributed by atoms with van der Waals surface area (Å²) in [6.45, 7) is 6.32. The Morgan fingerprint density at radius 1 is 1.25 bits per heavy atom. The van der Waals surface area contributed by atoms with Gasteiger partial charge in [0.05, 0.1) is 0 Å². The van der Waals surface area contributed by atoms with Crippen LogP contribution in [0.1, 0.15) is 19.3 Å². The maximum absolute atomic E-state index is 10.2. The van der Waals surface area contributed by atoms with E-state index in [1.54, 1.807) is 0 Å². The second-order valence-electron chi connectivity index (χ2n) is 4.44. The summed E-state index contributed by atoms with van der Waals surface area (Å²) in [6.07, 6.45) is 2.32. The van der Waals surface area contributed by atoms with Crippen molar-refractivity contribution in [2.75, 3.05) is 46.3 Å². The fraction of sp³-hybridized carbons (Fsp3) is 0.909. The van der Waals surface area contributed by atoms with Gasteiger partial charge < -0.3 is 20.2 Å². The van der Waals surface area contributed by atoms with E-state index in [0.29, 0.717) is 6.54 Å². The minimum absolute atomic E-state index is 0.572.